The Balaban J connectivity index is 2.15. The van der Waals surface area contributed by atoms with Gasteiger partial charge in [-0.25, -0.2) is 0 Å². The number of aromatic nitrogens is 1. The minimum absolute atomic E-state index is 0.0415. The van der Waals surface area contributed by atoms with Crippen molar-refractivity contribution < 1.29 is 9.59 Å². The average Bonchev–Trinajstić information content (AvgIpc) is 2.66. The number of amides is 2. The van der Waals surface area contributed by atoms with Crippen LogP contribution in [0.25, 0.3) is 0 Å². The molecule has 116 valence electrons. The summed E-state index contributed by atoms with van der Waals surface area (Å²) < 4.78 is 2.90. The van der Waals surface area contributed by atoms with Crippen LogP contribution in [0.4, 0.5) is 0 Å². The maximum atomic E-state index is 12.7. The summed E-state index contributed by atoms with van der Waals surface area (Å²) in [6.45, 7) is 8.34. The second kappa shape index (κ2) is 6.64. The lowest BCUT2D eigenvalue weighted by atomic mass is 10.3. The molecule has 6 heteroatoms. The van der Waals surface area contributed by atoms with Crippen LogP contribution in [-0.4, -0.2) is 52.4 Å². The summed E-state index contributed by atoms with van der Waals surface area (Å²) in [5.74, 6) is 0.123. The van der Waals surface area contributed by atoms with Crippen LogP contribution in [0.1, 0.15) is 43.7 Å². The Kier molecular flexibility index (Phi) is 5.08. The molecule has 0 atom stereocenters. The Morgan fingerprint density at radius 3 is 2.38 bits per heavy atom. The lowest BCUT2D eigenvalue weighted by Crippen LogP contribution is -2.37. The Bertz CT molecular complexity index is 539. The number of hydrogen-bond acceptors (Lipinski definition) is 2. The lowest BCUT2D eigenvalue weighted by Gasteiger charge is -2.22. The Morgan fingerprint density at radius 1 is 1.14 bits per heavy atom. The molecular formula is C15H22BrN3O2. The molecule has 1 aromatic rings. The van der Waals surface area contributed by atoms with Crippen LogP contribution in [0, 0.1) is 0 Å². The van der Waals surface area contributed by atoms with Crippen molar-refractivity contribution in [2.45, 2.75) is 33.2 Å². The van der Waals surface area contributed by atoms with Crippen molar-refractivity contribution in [3.63, 3.8) is 0 Å². The van der Waals surface area contributed by atoms with E-state index in [-0.39, 0.29) is 17.9 Å². The molecule has 0 saturated carbocycles. The molecule has 5 nitrogen and oxygen atoms in total. The second-order valence-corrected chi connectivity index (χ2v) is 6.61. The van der Waals surface area contributed by atoms with E-state index in [1.165, 1.54) is 0 Å². The van der Waals surface area contributed by atoms with E-state index < -0.39 is 0 Å². The van der Waals surface area contributed by atoms with Gasteiger partial charge in [-0.1, -0.05) is 0 Å². The summed E-state index contributed by atoms with van der Waals surface area (Å²) in [4.78, 5) is 27.9. The molecule has 0 bridgehead atoms. The predicted octanol–water partition coefficient (Wildman–Crippen LogP) is 2.53. The highest BCUT2D eigenvalue weighted by molar-refractivity contribution is 9.10. The van der Waals surface area contributed by atoms with Crippen LogP contribution in [0.2, 0.25) is 0 Å². The van der Waals surface area contributed by atoms with Gasteiger partial charge in [-0.2, -0.15) is 0 Å². The van der Waals surface area contributed by atoms with Crippen LogP contribution in [0.5, 0.6) is 0 Å². The van der Waals surface area contributed by atoms with Crippen molar-refractivity contribution in [3.8, 4) is 0 Å². The van der Waals surface area contributed by atoms with Crippen molar-refractivity contribution in [2.24, 2.45) is 0 Å². The van der Waals surface area contributed by atoms with E-state index in [1.807, 2.05) is 26.6 Å². The first-order chi connectivity index (χ1) is 9.90. The standard InChI is InChI=1S/C15H22BrN3O2/c1-11(2)19-10-13(16)9-14(19)15(21)18-6-4-5-17(7-8-18)12(3)20/h9-11H,4-8H2,1-3H3. The third-order valence-corrected chi connectivity index (χ3v) is 4.25. The summed E-state index contributed by atoms with van der Waals surface area (Å²) in [6, 6.07) is 2.10. The van der Waals surface area contributed by atoms with Crippen molar-refractivity contribution in [1.29, 1.82) is 0 Å². The van der Waals surface area contributed by atoms with Gasteiger partial charge in [0.25, 0.3) is 5.91 Å². The zero-order valence-electron chi connectivity index (χ0n) is 12.8. The first-order valence-electron chi connectivity index (χ1n) is 7.32. The number of nitrogens with zero attached hydrogens (tertiary/aromatic N) is 3. The number of rotatable bonds is 2. The minimum atomic E-state index is 0.0415. The highest BCUT2D eigenvalue weighted by atomic mass is 79.9. The molecule has 0 aliphatic carbocycles. The van der Waals surface area contributed by atoms with E-state index in [1.54, 1.807) is 6.92 Å². The molecule has 1 saturated heterocycles. The van der Waals surface area contributed by atoms with Gasteiger partial charge >= 0.3 is 0 Å². The molecule has 0 aromatic carbocycles. The van der Waals surface area contributed by atoms with E-state index in [9.17, 15) is 9.59 Å². The highest BCUT2D eigenvalue weighted by Crippen LogP contribution is 2.21. The molecule has 2 rings (SSSR count). The summed E-state index contributed by atoms with van der Waals surface area (Å²) in [5, 5.41) is 0. The normalized spacial score (nSPS) is 16.2. The first kappa shape index (κ1) is 16.1. The van der Waals surface area contributed by atoms with Gasteiger partial charge in [-0.15, -0.1) is 0 Å². The molecule has 2 heterocycles. The molecule has 1 aliphatic heterocycles. The van der Waals surface area contributed by atoms with Gasteiger partial charge in [-0.05, 0) is 42.3 Å². The van der Waals surface area contributed by atoms with Crippen molar-refractivity contribution in [2.75, 3.05) is 26.2 Å². The fourth-order valence-electron chi connectivity index (χ4n) is 2.64. The molecule has 21 heavy (non-hydrogen) atoms. The topological polar surface area (TPSA) is 45.6 Å². The van der Waals surface area contributed by atoms with Gasteiger partial charge in [0.15, 0.2) is 0 Å². The number of halogens is 1. The molecule has 0 radical (unpaired) electrons. The van der Waals surface area contributed by atoms with Gasteiger partial charge in [0.2, 0.25) is 5.91 Å². The van der Waals surface area contributed by atoms with Gasteiger partial charge in [-0.3, -0.25) is 9.59 Å². The maximum Gasteiger partial charge on any atom is 0.270 e. The van der Waals surface area contributed by atoms with E-state index >= 15 is 0 Å². The van der Waals surface area contributed by atoms with Crippen LogP contribution >= 0.6 is 15.9 Å². The third-order valence-electron chi connectivity index (χ3n) is 3.82. The SMILES string of the molecule is CC(=O)N1CCCN(C(=O)c2cc(Br)cn2C(C)C)CC1. The molecule has 1 fully saturated rings. The maximum absolute atomic E-state index is 12.7. The first-order valence-corrected chi connectivity index (χ1v) is 8.11. The van der Waals surface area contributed by atoms with Crippen molar-refractivity contribution in [1.82, 2.24) is 14.4 Å². The molecule has 1 aromatic heterocycles. The molecule has 0 N–H and O–H groups in total. The smallest absolute Gasteiger partial charge is 0.270 e. The average molecular weight is 356 g/mol. The summed E-state index contributed by atoms with van der Waals surface area (Å²) in [7, 11) is 0. The molecule has 1 aliphatic rings. The Hall–Kier alpha value is -1.30. The largest absolute Gasteiger partial charge is 0.341 e. The summed E-state index contributed by atoms with van der Waals surface area (Å²) in [5.41, 5.74) is 0.702. The zero-order valence-corrected chi connectivity index (χ0v) is 14.4. The molecule has 2 amide bonds. The van der Waals surface area contributed by atoms with Gasteiger partial charge in [0, 0.05) is 49.8 Å². The fourth-order valence-corrected chi connectivity index (χ4v) is 3.08. The number of carbonyl (C=O) groups excluding carboxylic acids is 2. The summed E-state index contributed by atoms with van der Waals surface area (Å²) >= 11 is 3.44. The van der Waals surface area contributed by atoms with Gasteiger partial charge in [0.05, 0.1) is 0 Å². The number of hydrogen-bond donors (Lipinski definition) is 0. The lowest BCUT2D eigenvalue weighted by molar-refractivity contribution is -0.128. The third kappa shape index (κ3) is 3.67. The van der Waals surface area contributed by atoms with E-state index in [0.717, 1.165) is 17.4 Å². The molecular weight excluding hydrogens is 334 g/mol. The Labute approximate surface area is 134 Å². The van der Waals surface area contributed by atoms with Crippen molar-refractivity contribution in [3.05, 3.63) is 22.4 Å². The summed E-state index contributed by atoms with van der Waals surface area (Å²) in [6.07, 6.45) is 2.77. The van der Waals surface area contributed by atoms with E-state index in [4.69, 9.17) is 0 Å². The quantitative estimate of drug-likeness (QED) is 0.818. The van der Waals surface area contributed by atoms with E-state index in [0.29, 0.717) is 25.3 Å². The fraction of sp³-hybridized carbons (Fsp3) is 0.600. The van der Waals surface area contributed by atoms with Crippen LogP contribution in [0.3, 0.4) is 0 Å². The number of carbonyl (C=O) groups is 2. The predicted molar refractivity (Wildman–Crippen MR) is 85.3 cm³/mol. The van der Waals surface area contributed by atoms with Crippen LogP contribution in [-0.2, 0) is 4.79 Å². The Morgan fingerprint density at radius 2 is 1.76 bits per heavy atom. The minimum Gasteiger partial charge on any atom is -0.341 e. The molecule has 0 unspecified atom stereocenters. The highest BCUT2D eigenvalue weighted by Gasteiger charge is 2.24. The molecule has 0 spiro atoms. The second-order valence-electron chi connectivity index (χ2n) is 5.70. The van der Waals surface area contributed by atoms with E-state index in [2.05, 4.69) is 29.8 Å². The van der Waals surface area contributed by atoms with Crippen molar-refractivity contribution >= 4 is 27.7 Å². The van der Waals surface area contributed by atoms with Crippen LogP contribution in [0.15, 0.2) is 16.7 Å². The van der Waals surface area contributed by atoms with Crippen LogP contribution < -0.4 is 0 Å². The monoisotopic (exact) mass is 355 g/mol. The van der Waals surface area contributed by atoms with Gasteiger partial charge in [0.1, 0.15) is 5.69 Å². The zero-order chi connectivity index (χ0) is 15.6. The van der Waals surface area contributed by atoms with Gasteiger partial charge < -0.3 is 14.4 Å².